The number of halogens is 2. The van der Waals surface area contributed by atoms with Crippen molar-refractivity contribution in [1.29, 1.82) is 0 Å². The van der Waals surface area contributed by atoms with Crippen molar-refractivity contribution in [2.24, 2.45) is 0 Å². The number of carbonyl (C=O) groups is 3. The highest BCUT2D eigenvalue weighted by Crippen LogP contribution is 2.26. The first-order chi connectivity index (χ1) is 20.5. The zero-order chi connectivity index (χ0) is 30.8. The van der Waals surface area contributed by atoms with Crippen LogP contribution in [0.25, 0.3) is 5.69 Å². The van der Waals surface area contributed by atoms with Crippen LogP contribution in [-0.4, -0.2) is 49.6 Å². The summed E-state index contributed by atoms with van der Waals surface area (Å²) in [5, 5.41) is 12.4. The molecule has 1 aromatic heterocycles. The number of nitrogens with one attached hydrogen (secondary N) is 1. The predicted octanol–water partition coefficient (Wildman–Crippen LogP) is 5.13. The molecule has 0 saturated carbocycles. The number of rotatable bonds is 8. The molecule has 0 saturated heterocycles. The molecule has 1 aliphatic heterocycles. The van der Waals surface area contributed by atoms with E-state index < -0.39 is 17.6 Å². The first-order valence-corrected chi connectivity index (χ1v) is 14.7. The van der Waals surface area contributed by atoms with Gasteiger partial charge in [-0.25, -0.2) is 9.59 Å². The first kappa shape index (κ1) is 30.1. The molecule has 2 N–H and O–H groups in total. The standard InChI is InChI=1S/C31H28BrClN4O6/c1-18(2)43-23-10-8-22(9-11-23)37-27(28(38)34-16-19-3-5-20(6-4-19)30(40)41)26-17-35(13-14-36(26)31(37)42)29(39)21-7-12-24(32)25(33)15-21/h3-12,15,18H,13-14,16-17H2,1-2H3,(H,34,38)(H,40,41). The van der Waals surface area contributed by atoms with E-state index in [1.54, 1.807) is 59.5 Å². The molecule has 1 aliphatic rings. The minimum absolute atomic E-state index is 0.0271. The fourth-order valence-electron chi connectivity index (χ4n) is 4.89. The van der Waals surface area contributed by atoms with Crippen LogP contribution in [0.1, 0.15) is 56.3 Å². The van der Waals surface area contributed by atoms with E-state index in [0.717, 1.165) is 0 Å². The van der Waals surface area contributed by atoms with Gasteiger partial charge in [0.25, 0.3) is 11.8 Å². The SMILES string of the molecule is CC(C)Oc1ccc(-n2c(C(=O)NCc3ccc(C(=O)O)cc3)c3n(c2=O)CCN(C(=O)c2ccc(Br)c(Cl)c2)C3)cc1. The Bertz CT molecular complexity index is 1760. The second-order valence-electron chi connectivity index (χ2n) is 10.3. The number of imidazole rings is 1. The van der Waals surface area contributed by atoms with Crippen LogP contribution in [0.3, 0.4) is 0 Å². The Morgan fingerprint density at radius 2 is 1.67 bits per heavy atom. The van der Waals surface area contributed by atoms with Crippen molar-refractivity contribution >= 4 is 45.3 Å². The maximum Gasteiger partial charge on any atom is 0.335 e. The molecular weight excluding hydrogens is 640 g/mol. The van der Waals surface area contributed by atoms with Gasteiger partial charge in [0.05, 0.1) is 34.6 Å². The Morgan fingerprint density at radius 1 is 1.00 bits per heavy atom. The van der Waals surface area contributed by atoms with Crippen LogP contribution < -0.4 is 15.7 Å². The number of hydrogen-bond donors (Lipinski definition) is 2. The van der Waals surface area contributed by atoms with Gasteiger partial charge in [-0.2, -0.15) is 0 Å². The molecule has 5 rings (SSSR count). The van der Waals surface area contributed by atoms with Gasteiger partial charge < -0.3 is 20.1 Å². The summed E-state index contributed by atoms with van der Waals surface area (Å²) in [7, 11) is 0. The van der Waals surface area contributed by atoms with Gasteiger partial charge in [-0.3, -0.25) is 18.7 Å². The molecule has 0 fully saturated rings. The lowest BCUT2D eigenvalue weighted by Gasteiger charge is -2.28. The second-order valence-corrected chi connectivity index (χ2v) is 11.5. The van der Waals surface area contributed by atoms with E-state index in [-0.39, 0.29) is 49.4 Å². The van der Waals surface area contributed by atoms with Gasteiger partial charge >= 0.3 is 11.7 Å². The Morgan fingerprint density at radius 3 is 2.30 bits per heavy atom. The number of ether oxygens (including phenoxy) is 1. The smallest absolute Gasteiger partial charge is 0.335 e. The largest absolute Gasteiger partial charge is 0.491 e. The van der Waals surface area contributed by atoms with Gasteiger partial charge in [0.15, 0.2) is 0 Å². The van der Waals surface area contributed by atoms with Crippen molar-refractivity contribution in [2.75, 3.05) is 6.54 Å². The molecule has 0 spiro atoms. The van der Waals surface area contributed by atoms with Crippen LogP contribution in [0.5, 0.6) is 5.75 Å². The van der Waals surface area contributed by atoms with Crippen LogP contribution in [0.4, 0.5) is 0 Å². The molecule has 222 valence electrons. The number of nitrogens with zero attached hydrogens (tertiary/aromatic N) is 3. The number of benzene rings is 3. The fourth-order valence-corrected chi connectivity index (χ4v) is 5.32. The number of carbonyl (C=O) groups excluding carboxylic acids is 2. The second kappa shape index (κ2) is 12.5. The van der Waals surface area contributed by atoms with E-state index in [4.69, 9.17) is 21.4 Å². The fraction of sp³-hybridized carbons (Fsp3) is 0.226. The molecule has 0 atom stereocenters. The highest BCUT2D eigenvalue weighted by atomic mass is 79.9. The van der Waals surface area contributed by atoms with Crippen molar-refractivity contribution in [1.82, 2.24) is 19.4 Å². The number of carboxylic acids is 1. The van der Waals surface area contributed by atoms with Gasteiger partial charge in [-0.1, -0.05) is 23.7 Å². The van der Waals surface area contributed by atoms with E-state index in [1.165, 1.54) is 21.3 Å². The molecule has 43 heavy (non-hydrogen) atoms. The Labute approximate surface area is 260 Å². The van der Waals surface area contributed by atoms with Crippen LogP contribution in [0.2, 0.25) is 5.02 Å². The van der Waals surface area contributed by atoms with Crippen molar-refractivity contribution in [3.8, 4) is 11.4 Å². The lowest BCUT2D eigenvalue weighted by molar-refractivity contribution is 0.0692. The van der Waals surface area contributed by atoms with Gasteiger partial charge in [-0.05, 0) is 89.9 Å². The summed E-state index contributed by atoms with van der Waals surface area (Å²) in [4.78, 5) is 53.7. The maximum absolute atomic E-state index is 13.8. The Kier molecular flexibility index (Phi) is 8.74. The average molecular weight is 668 g/mol. The molecule has 3 aromatic carbocycles. The van der Waals surface area contributed by atoms with Crippen molar-refractivity contribution < 1.29 is 24.2 Å². The molecule has 2 amide bonds. The van der Waals surface area contributed by atoms with Gasteiger partial charge in [0.2, 0.25) is 0 Å². The summed E-state index contributed by atoms with van der Waals surface area (Å²) < 4.78 is 9.27. The van der Waals surface area contributed by atoms with E-state index in [2.05, 4.69) is 21.2 Å². The molecule has 0 aliphatic carbocycles. The molecule has 0 radical (unpaired) electrons. The minimum atomic E-state index is -1.05. The number of carboxylic acid groups (broad SMARTS) is 1. The van der Waals surface area contributed by atoms with E-state index in [1.807, 2.05) is 13.8 Å². The van der Waals surface area contributed by atoms with Crippen LogP contribution in [-0.2, 0) is 19.6 Å². The number of aromatic nitrogens is 2. The van der Waals surface area contributed by atoms with E-state index in [9.17, 15) is 19.2 Å². The van der Waals surface area contributed by atoms with Crippen LogP contribution in [0.15, 0.2) is 76.0 Å². The summed E-state index contributed by atoms with van der Waals surface area (Å²) in [6, 6.07) is 18.0. The first-order valence-electron chi connectivity index (χ1n) is 13.5. The topological polar surface area (TPSA) is 123 Å². The number of aromatic carboxylic acids is 1. The van der Waals surface area contributed by atoms with Gasteiger partial charge in [0, 0.05) is 29.7 Å². The minimum Gasteiger partial charge on any atom is -0.491 e. The lowest BCUT2D eigenvalue weighted by atomic mass is 10.1. The Balaban J connectivity index is 1.50. The molecule has 2 heterocycles. The molecule has 0 bridgehead atoms. The number of amides is 2. The normalized spacial score (nSPS) is 12.6. The van der Waals surface area contributed by atoms with Gasteiger partial charge in [-0.15, -0.1) is 0 Å². The number of fused-ring (bicyclic) bond motifs is 1. The van der Waals surface area contributed by atoms with E-state index in [0.29, 0.717) is 37.8 Å². The van der Waals surface area contributed by atoms with Crippen LogP contribution in [0, 0.1) is 0 Å². The summed E-state index contributed by atoms with van der Waals surface area (Å²) in [5.74, 6) is -1.22. The predicted molar refractivity (Wildman–Crippen MR) is 164 cm³/mol. The molecular formula is C31H28BrClN4O6. The monoisotopic (exact) mass is 666 g/mol. The molecule has 12 heteroatoms. The summed E-state index contributed by atoms with van der Waals surface area (Å²) >= 11 is 9.56. The average Bonchev–Trinajstić information content (AvgIpc) is 3.28. The highest BCUT2D eigenvalue weighted by Gasteiger charge is 2.32. The highest BCUT2D eigenvalue weighted by molar-refractivity contribution is 9.10. The van der Waals surface area contributed by atoms with Gasteiger partial charge in [0.1, 0.15) is 11.4 Å². The molecule has 0 unspecified atom stereocenters. The summed E-state index contributed by atoms with van der Waals surface area (Å²) in [6.45, 7) is 4.41. The third kappa shape index (κ3) is 6.37. The zero-order valence-electron chi connectivity index (χ0n) is 23.3. The molecule has 10 nitrogen and oxygen atoms in total. The lowest BCUT2D eigenvalue weighted by Crippen LogP contribution is -2.41. The third-order valence-corrected chi connectivity index (χ3v) is 8.20. The number of hydrogen-bond acceptors (Lipinski definition) is 5. The summed E-state index contributed by atoms with van der Waals surface area (Å²) in [6.07, 6.45) is -0.0367. The third-order valence-electron chi connectivity index (χ3n) is 6.97. The quantitative estimate of drug-likeness (QED) is 0.269. The van der Waals surface area contributed by atoms with Crippen molar-refractivity contribution in [3.05, 3.63) is 115 Å². The maximum atomic E-state index is 13.8. The summed E-state index contributed by atoms with van der Waals surface area (Å²) in [5.41, 5.74) is 1.77. The molecule has 4 aromatic rings. The van der Waals surface area contributed by atoms with Crippen LogP contribution >= 0.6 is 27.5 Å². The van der Waals surface area contributed by atoms with Crippen molar-refractivity contribution in [2.45, 2.75) is 39.6 Å². The van der Waals surface area contributed by atoms with Crippen molar-refractivity contribution in [3.63, 3.8) is 0 Å². The van der Waals surface area contributed by atoms with E-state index >= 15 is 0 Å². The zero-order valence-corrected chi connectivity index (χ0v) is 25.7. The Hall–Kier alpha value is -4.35.